The average molecular weight is 172 g/mol. The van der Waals surface area contributed by atoms with E-state index in [1.54, 1.807) is 6.92 Å². The van der Waals surface area contributed by atoms with Crippen LogP contribution in [0.1, 0.15) is 20.8 Å². The Kier molecular flexibility index (Phi) is 4.04. The lowest BCUT2D eigenvalue weighted by molar-refractivity contribution is -0.151. The van der Waals surface area contributed by atoms with Crippen molar-refractivity contribution in [3.63, 3.8) is 0 Å². The van der Waals surface area contributed by atoms with Gasteiger partial charge >= 0.3 is 5.97 Å². The number of hydrogen-bond donors (Lipinski definition) is 1. The number of Topliss-reactive ketones (excluding diaryl/α,β-unsaturated/α-hetero) is 1. The SMILES string of the molecule is CCOC(=O)C(=O)/C(C)=C(/C)O. The Bertz CT molecular complexity index is 223. The third kappa shape index (κ3) is 2.74. The molecule has 0 fully saturated rings. The van der Waals surface area contributed by atoms with Gasteiger partial charge < -0.3 is 9.84 Å². The summed E-state index contributed by atoms with van der Waals surface area (Å²) in [5, 5.41) is 8.86. The van der Waals surface area contributed by atoms with Crippen LogP contribution in [0.5, 0.6) is 0 Å². The zero-order valence-electron chi connectivity index (χ0n) is 7.38. The number of rotatable bonds is 3. The number of ketones is 1. The van der Waals surface area contributed by atoms with E-state index in [1.807, 2.05) is 0 Å². The Morgan fingerprint density at radius 3 is 2.17 bits per heavy atom. The van der Waals surface area contributed by atoms with Crippen molar-refractivity contribution in [3.8, 4) is 0 Å². The second-order valence-corrected chi connectivity index (χ2v) is 2.26. The number of carbonyl (C=O) groups is 2. The Balaban J connectivity index is 4.41. The van der Waals surface area contributed by atoms with Gasteiger partial charge in [0.1, 0.15) is 0 Å². The first-order valence-electron chi connectivity index (χ1n) is 3.58. The van der Waals surface area contributed by atoms with Gasteiger partial charge in [-0.25, -0.2) is 4.79 Å². The van der Waals surface area contributed by atoms with Crippen LogP contribution in [0.4, 0.5) is 0 Å². The summed E-state index contributed by atoms with van der Waals surface area (Å²) in [6, 6.07) is 0. The molecule has 68 valence electrons. The maximum Gasteiger partial charge on any atom is 0.379 e. The summed E-state index contributed by atoms with van der Waals surface area (Å²) in [6.07, 6.45) is 0. The minimum atomic E-state index is -0.927. The van der Waals surface area contributed by atoms with Crippen molar-refractivity contribution in [1.29, 1.82) is 0 Å². The van der Waals surface area contributed by atoms with Gasteiger partial charge in [-0.3, -0.25) is 4.79 Å². The smallest absolute Gasteiger partial charge is 0.379 e. The van der Waals surface area contributed by atoms with E-state index in [0.29, 0.717) is 0 Å². The highest BCUT2D eigenvalue weighted by molar-refractivity contribution is 6.40. The number of aliphatic hydroxyl groups is 1. The molecule has 0 aliphatic carbocycles. The van der Waals surface area contributed by atoms with Crippen LogP contribution in [0.3, 0.4) is 0 Å². The summed E-state index contributed by atoms with van der Waals surface area (Å²) >= 11 is 0. The zero-order chi connectivity index (χ0) is 9.72. The Morgan fingerprint density at radius 1 is 1.33 bits per heavy atom. The molecule has 12 heavy (non-hydrogen) atoms. The number of aliphatic hydroxyl groups excluding tert-OH is 1. The van der Waals surface area contributed by atoms with Crippen LogP contribution in [0, 0.1) is 0 Å². The third-order valence-corrected chi connectivity index (χ3v) is 1.34. The number of ether oxygens (including phenoxy) is 1. The maximum absolute atomic E-state index is 11.0. The highest BCUT2D eigenvalue weighted by Crippen LogP contribution is 2.01. The average Bonchev–Trinajstić information content (AvgIpc) is 2.02. The first kappa shape index (κ1) is 10.7. The van der Waals surface area contributed by atoms with Crippen LogP contribution >= 0.6 is 0 Å². The van der Waals surface area contributed by atoms with E-state index in [9.17, 15) is 9.59 Å². The van der Waals surface area contributed by atoms with Crippen molar-refractivity contribution < 1.29 is 19.4 Å². The molecule has 4 heteroatoms. The fourth-order valence-electron chi connectivity index (χ4n) is 0.514. The van der Waals surface area contributed by atoms with Gasteiger partial charge in [-0.2, -0.15) is 0 Å². The molecule has 0 radical (unpaired) electrons. The molecule has 4 nitrogen and oxygen atoms in total. The molecule has 0 amide bonds. The highest BCUT2D eigenvalue weighted by Gasteiger charge is 2.18. The highest BCUT2D eigenvalue weighted by atomic mass is 16.5. The lowest BCUT2D eigenvalue weighted by Crippen LogP contribution is -2.18. The Labute approximate surface area is 70.8 Å². The summed E-state index contributed by atoms with van der Waals surface area (Å²) in [7, 11) is 0. The second-order valence-electron chi connectivity index (χ2n) is 2.26. The van der Waals surface area contributed by atoms with E-state index in [-0.39, 0.29) is 17.9 Å². The zero-order valence-corrected chi connectivity index (χ0v) is 7.38. The Hall–Kier alpha value is -1.32. The molecular weight excluding hydrogens is 160 g/mol. The maximum atomic E-state index is 11.0. The van der Waals surface area contributed by atoms with Gasteiger partial charge in [0.05, 0.1) is 12.4 Å². The molecule has 0 saturated carbocycles. The van der Waals surface area contributed by atoms with Gasteiger partial charge in [0.15, 0.2) is 0 Å². The minimum absolute atomic E-state index is 0.0217. The molecule has 0 aromatic carbocycles. The lowest BCUT2D eigenvalue weighted by Gasteiger charge is -2.00. The van der Waals surface area contributed by atoms with Crippen molar-refractivity contribution >= 4 is 11.8 Å². The molecule has 0 atom stereocenters. The quantitative estimate of drug-likeness (QED) is 0.298. The normalized spacial score (nSPS) is 11.9. The summed E-state index contributed by atoms with van der Waals surface area (Å²) in [5.41, 5.74) is 0.0217. The molecular formula is C8H12O4. The first-order valence-corrected chi connectivity index (χ1v) is 3.58. The van der Waals surface area contributed by atoms with E-state index in [2.05, 4.69) is 4.74 Å². The van der Waals surface area contributed by atoms with Crippen LogP contribution in [0.25, 0.3) is 0 Å². The third-order valence-electron chi connectivity index (χ3n) is 1.34. The molecule has 0 heterocycles. The number of allylic oxidation sites excluding steroid dienone is 1. The topological polar surface area (TPSA) is 63.6 Å². The molecule has 0 bridgehead atoms. The van der Waals surface area contributed by atoms with Crippen LogP contribution < -0.4 is 0 Å². The Morgan fingerprint density at radius 2 is 1.83 bits per heavy atom. The van der Waals surface area contributed by atoms with Gasteiger partial charge in [0, 0.05) is 5.57 Å². The van der Waals surface area contributed by atoms with E-state index < -0.39 is 11.8 Å². The van der Waals surface area contributed by atoms with Crippen molar-refractivity contribution in [1.82, 2.24) is 0 Å². The largest absolute Gasteiger partial charge is 0.512 e. The van der Waals surface area contributed by atoms with Crippen molar-refractivity contribution in [2.45, 2.75) is 20.8 Å². The summed E-state index contributed by atoms with van der Waals surface area (Å²) in [4.78, 5) is 21.8. The molecule has 0 rings (SSSR count). The molecule has 0 unspecified atom stereocenters. The molecule has 0 aliphatic heterocycles. The molecule has 1 N–H and O–H groups in total. The van der Waals surface area contributed by atoms with Crippen LogP contribution in [0.2, 0.25) is 0 Å². The molecule has 0 aromatic rings. The summed E-state index contributed by atoms with van der Waals surface area (Å²) in [5.74, 6) is -1.88. The van der Waals surface area contributed by atoms with E-state index in [4.69, 9.17) is 5.11 Å². The van der Waals surface area contributed by atoms with Gasteiger partial charge in [-0.1, -0.05) is 0 Å². The second kappa shape index (κ2) is 4.54. The van der Waals surface area contributed by atoms with E-state index in [0.717, 1.165) is 0 Å². The van der Waals surface area contributed by atoms with E-state index >= 15 is 0 Å². The van der Waals surface area contributed by atoms with Crippen molar-refractivity contribution in [2.75, 3.05) is 6.61 Å². The van der Waals surface area contributed by atoms with Gasteiger partial charge in [0.25, 0.3) is 5.78 Å². The fraction of sp³-hybridized carbons (Fsp3) is 0.500. The summed E-state index contributed by atoms with van der Waals surface area (Å²) in [6.45, 7) is 4.47. The van der Waals surface area contributed by atoms with Crippen LogP contribution in [-0.2, 0) is 14.3 Å². The van der Waals surface area contributed by atoms with Gasteiger partial charge in [-0.05, 0) is 20.8 Å². The lowest BCUT2D eigenvalue weighted by atomic mass is 10.2. The first-order chi connectivity index (χ1) is 5.50. The monoisotopic (exact) mass is 172 g/mol. The number of carbonyl (C=O) groups excluding carboxylic acids is 2. The van der Waals surface area contributed by atoms with Crippen molar-refractivity contribution in [2.24, 2.45) is 0 Å². The fourth-order valence-corrected chi connectivity index (χ4v) is 0.514. The van der Waals surface area contributed by atoms with Crippen LogP contribution in [0.15, 0.2) is 11.3 Å². The predicted octanol–water partition coefficient (Wildman–Crippen LogP) is 0.970. The molecule has 0 spiro atoms. The molecule has 0 aromatic heterocycles. The van der Waals surface area contributed by atoms with E-state index in [1.165, 1.54) is 13.8 Å². The van der Waals surface area contributed by atoms with Gasteiger partial charge in [0.2, 0.25) is 0 Å². The molecule has 0 saturated heterocycles. The number of esters is 1. The van der Waals surface area contributed by atoms with Gasteiger partial charge in [-0.15, -0.1) is 0 Å². The standard InChI is InChI=1S/C8H12O4/c1-4-12-8(11)7(10)5(2)6(3)9/h9H,4H2,1-3H3/b6-5-. The summed E-state index contributed by atoms with van der Waals surface area (Å²) < 4.78 is 4.44. The minimum Gasteiger partial charge on any atom is -0.512 e. The van der Waals surface area contributed by atoms with Crippen molar-refractivity contribution in [3.05, 3.63) is 11.3 Å². The number of hydrogen-bond acceptors (Lipinski definition) is 4. The molecule has 0 aliphatic rings. The van der Waals surface area contributed by atoms with Crippen LogP contribution in [-0.4, -0.2) is 23.5 Å². The predicted molar refractivity (Wildman–Crippen MR) is 42.6 cm³/mol.